The molecule has 0 saturated carbocycles. The van der Waals surface area contributed by atoms with Crippen LogP contribution in [0.4, 0.5) is 5.13 Å². The van der Waals surface area contributed by atoms with Crippen molar-refractivity contribution in [3.05, 3.63) is 35.3 Å². The topological polar surface area (TPSA) is 91.8 Å². The number of benzene rings is 1. The average molecular weight is 453 g/mol. The summed E-state index contributed by atoms with van der Waals surface area (Å²) in [6, 6.07) is 6.46. The largest absolute Gasteiger partial charge is 0.492 e. The van der Waals surface area contributed by atoms with Gasteiger partial charge in [0.05, 0.1) is 10.6 Å². The first-order chi connectivity index (χ1) is 14.3. The summed E-state index contributed by atoms with van der Waals surface area (Å²) < 4.78 is 31.1. The summed E-state index contributed by atoms with van der Waals surface area (Å²) in [6.07, 6.45) is 1.63. The highest BCUT2D eigenvalue weighted by Gasteiger charge is 2.25. The number of nitrogens with zero attached hydrogens (tertiary/aromatic N) is 3. The molecule has 0 unspecified atom stereocenters. The lowest BCUT2D eigenvalue weighted by atomic mass is 9.96. The normalized spacial score (nSPS) is 16.0. The van der Waals surface area contributed by atoms with Crippen molar-refractivity contribution in [1.29, 1.82) is 0 Å². The van der Waals surface area contributed by atoms with Gasteiger partial charge in [-0.05, 0) is 57.1 Å². The Bertz CT molecular complexity index is 949. The lowest BCUT2D eigenvalue weighted by Crippen LogP contribution is -2.39. The number of anilines is 1. The zero-order chi connectivity index (χ0) is 21.7. The van der Waals surface area contributed by atoms with Gasteiger partial charge in [0.25, 0.3) is 0 Å². The van der Waals surface area contributed by atoms with Crippen LogP contribution >= 0.6 is 11.3 Å². The Kier molecular flexibility index (Phi) is 7.45. The molecule has 1 amide bonds. The minimum Gasteiger partial charge on any atom is -0.492 e. The fraction of sp³-hybridized carbons (Fsp3) is 0.500. The monoisotopic (exact) mass is 452 g/mol. The maximum Gasteiger partial charge on any atom is 0.242 e. The van der Waals surface area contributed by atoms with E-state index < -0.39 is 10.0 Å². The molecule has 0 aliphatic carbocycles. The summed E-state index contributed by atoms with van der Waals surface area (Å²) in [4.78, 5) is 19.2. The Morgan fingerprint density at radius 3 is 2.50 bits per heavy atom. The Morgan fingerprint density at radius 2 is 1.93 bits per heavy atom. The van der Waals surface area contributed by atoms with Crippen LogP contribution in [0.3, 0.4) is 0 Å². The van der Waals surface area contributed by atoms with Crippen LogP contribution in [-0.2, 0) is 14.8 Å². The molecule has 1 aromatic heterocycles. The summed E-state index contributed by atoms with van der Waals surface area (Å²) in [5.41, 5.74) is 0.916. The third-order valence-electron chi connectivity index (χ3n) is 5.09. The summed E-state index contributed by atoms with van der Waals surface area (Å²) in [5.74, 6) is 0.700. The van der Waals surface area contributed by atoms with E-state index in [-0.39, 0.29) is 16.7 Å². The second-order valence-electron chi connectivity index (χ2n) is 7.51. The first kappa shape index (κ1) is 22.7. The van der Waals surface area contributed by atoms with Gasteiger partial charge in [-0.3, -0.25) is 9.69 Å². The highest BCUT2D eigenvalue weighted by atomic mass is 32.2. The van der Waals surface area contributed by atoms with Crippen LogP contribution < -0.4 is 10.1 Å². The van der Waals surface area contributed by atoms with Gasteiger partial charge in [-0.25, -0.2) is 17.7 Å². The third-order valence-corrected chi connectivity index (χ3v) is 7.79. The van der Waals surface area contributed by atoms with Gasteiger partial charge in [0, 0.05) is 31.9 Å². The highest BCUT2D eigenvalue weighted by molar-refractivity contribution is 7.89. The molecule has 10 heteroatoms. The van der Waals surface area contributed by atoms with Crippen molar-refractivity contribution in [3.8, 4) is 5.75 Å². The Labute approximate surface area is 181 Å². The van der Waals surface area contributed by atoms with E-state index in [1.165, 1.54) is 29.7 Å². The average Bonchev–Trinajstić information content (AvgIpc) is 3.13. The summed E-state index contributed by atoms with van der Waals surface area (Å²) in [7, 11) is -0.416. The van der Waals surface area contributed by atoms with Gasteiger partial charge >= 0.3 is 0 Å². The predicted molar refractivity (Wildman–Crippen MR) is 117 cm³/mol. The molecule has 3 rings (SSSR count). The molecule has 2 heterocycles. The van der Waals surface area contributed by atoms with Crippen molar-refractivity contribution in [2.75, 3.05) is 45.7 Å². The Hall–Kier alpha value is -2.01. The number of amides is 1. The number of hydrogen-bond donors (Lipinski definition) is 1. The number of ether oxygens (including phenoxy) is 1. The van der Waals surface area contributed by atoms with Crippen LogP contribution in [0.15, 0.2) is 34.5 Å². The second-order valence-corrected chi connectivity index (χ2v) is 10.5. The van der Waals surface area contributed by atoms with Crippen molar-refractivity contribution in [3.63, 3.8) is 0 Å². The van der Waals surface area contributed by atoms with Gasteiger partial charge < -0.3 is 10.1 Å². The Morgan fingerprint density at radius 1 is 1.27 bits per heavy atom. The molecule has 8 nitrogen and oxygen atoms in total. The maximum absolute atomic E-state index is 12.4. The first-order valence-electron chi connectivity index (χ1n) is 9.86. The van der Waals surface area contributed by atoms with E-state index in [0.29, 0.717) is 17.5 Å². The van der Waals surface area contributed by atoms with Crippen LogP contribution in [0.2, 0.25) is 0 Å². The molecule has 0 atom stereocenters. The van der Waals surface area contributed by atoms with E-state index in [0.717, 1.165) is 38.2 Å². The van der Waals surface area contributed by atoms with E-state index in [1.807, 2.05) is 12.3 Å². The first-order valence-corrected chi connectivity index (χ1v) is 12.2. The van der Waals surface area contributed by atoms with Gasteiger partial charge in [0.2, 0.25) is 15.9 Å². The third kappa shape index (κ3) is 5.78. The number of thiazole rings is 1. The van der Waals surface area contributed by atoms with E-state index in [4.69, 9.17) is 4.74 Å². The number of sulfonamides is 1. The minimum absolute atomic E-state index is 0.0116. The molecule has 0 spiro atoms. The number of aryl methyl sites for hydroxylation is 1. The van der Waals surface area contributed by atoms with Crippen LogP contribution in [0.25, 0.3) is 0 Å². The van der Waals surface area contributed by atoms with E-state index in [2.05, 4.69) is 15.2 Å². The number of likely N-dealkylation sites (tertiary alicyclic amines) is 1. The van der Waals surface area contributed by atoms with Crippen molar-refractivity contribution in [1.82, 2.24) is 14.2 Å². The number of carbonyl (C=O) groups is 1. The van der Waals surface area contributed by atoms with Crippen LogP contribution in [0.5, 0.6) is 5.75 Å². The zero-order valence-electron chi connectivity index (χ0n) is 17.5. The molecule has 1 fully saturated rings. The van der Waals surface area contributed by atoms with Crippen LogP contribution in [0, 0.1) is 12.8 Å². The molecule has 1 saturated heterocycles. The van der Waals surface area contributed by atoms with Crippen LogP contribution in [0.1, 0.15) is 18.5 Å². The number of rotatable bonds is 8. The molecule has 1 N–H and O–H groups in total. The van der Waals surface area contributed by atoms with Crippen molar-refractivity contribution in [2.45, 2.75) is 24.7 Å². The standard InChI is InChI=1S/C20H28N4O4S2/c1-15-14-29-20(21-15)22-19(25)16-8-10-24(11-9-16)12-13-28-17-4-6-18(7-5-17)30(26,27)23(2)3/h4-7,14,16H,8-13H2,1-3H3,(H,21,22,25). The molecule has 30 heavy (non-hydrogen) atoms. The summed E-state index contributed by atoms with van der Waals surface area (Å²) in [5, 5.41) is 5.50. The lowest BCUT2D eigenvalue weighted by Gasteiger charge is -2.30. The number of carbonyl (C=O) groups excluding carboxylic acids is 1. The SMILES string of the molecule is Cc1csc(NC(=O)C2CCN(CCOc3ccc(S(=O)(=O)N(C)C)cc3)CC2)n1. The molecule has 0 radical (unpaired) electrons. The minimum atomic E-state index is -3.43. The molecule has 2 aromatic rings. The molecule has 1 aromatic carbocycles. The van der Waals surface area contributed by atoms with Gasteiger partial charge in [-0.2, -0.15) is 0 Å². The van der Waals surface area contributed by atoms with Gasteiger partial charge in [-0.1, -0.05) is 0 Å². The smallest absolute Gasteiger partial charge is 0.242 e. The molecular weight excluding hydrogens is 424 g/mol. The van der Waals surface area contributed by atoms with Crippen molar-refractivity contribution < 1.29 is 17.9 Å². The van der Waals surface area contributed by atoms with Gasteiger partial charge in [0.1, 0.15) is 12.4 Å². The molecule has 1 aliphatic heterocycles. The van der Waals surface area contributed by atoms with E-state index >= 15 is 0 Å². The van der Waals surface area contributed by atoms with Gasteiger partial charge in [0.15, 0.2) is 5.13 Å². The number of aromatic nitrogens is 1. The predicted octanol–water partition coefficient (Wildman–Crippen LogP) is 2.43. The van der Waals surface area contributed by atoms with E-state index in [9.17, 15) is 13.2 Å². The number of nitrogens with one attached hydrogen (secondary N) is 1. The summed E-state index contributed by atoms with van der Waals surface area (Å²) >= 11 is 1.45. The fourth-order valence-corrected chi connectivity index (χ4v) is 4.84. The Balaban J connectivity index is 1.39. The maximum atomic E-state index is 12.4. The van der Waals surface area contributed by atoms with Crippen LogP contribution in [-0.4, -0.2) is 68.9 Å². The quantitative estimate of drug-likeness (QED) is 0.661. The second kappa shape index (κ2) is 9.86. The molecule has 1 aliphatic rings. The number of hydrogen-bond acceptors (Lipinski definition) is 7. The molecular formula is C20H28N4O4S2. The molecule has 0 bridgehead atoms. The van der Waals surface area contributed by atoms with E-state index in [1.54, 1.807) is 24.3 Å². The zero-order valence-corrected chi connectivity index (χ0v) is 19.1. The number of piperidine rings is 1. The summed E-state index contributed by atoms with van der Waals surface area (Å²) in [6.45, 7) is 4.87. The molecule has 164 valence electrons. The van der Waals surface area contributed by atoms with Crippen molar-refractivity contribution >= 4 is 32.4 Å². The lowest BCUT2D eigenvalue weighted by molar-refractivity contribution is -0.121. The van der Waals surface area contributed by atoms with Gasteiger partial charge in [-0.15, -0.1) is 11.3 Å². The highest BCUT2D eigenvalue weighted by Crippen LogP contribution is 2.22. The fourth-order valence-electron chi connectivity index (χ4n) is 3.25. The van der Waals surface area contributed by atoms with Crippen molar-refractivity contribution in [2.24, 2.45) is 5.92 Å².